The van der Waals surface area contributed by atoms with E-state index in [4.69, 9.17) is 14.2 Å². The Morgan fingerprint density at radius 3 is 1.97 bits per heavy atom. The molecule has 4 rings (SSSR count). The van der Waals surface area contributed by atoms with Gasteiger partial charge in [0.15, 0.2) is 6.29 Å². The van der Waals surface area contributed by atoms with Crippen LogP contribution in [-0.2, 0) is 23.8 Å². The van der Waals surface area contributed by atoms with Gasteiger partial charge in [-0.15, -0.1) is 0 Å². The maximum absolute atomic E-state index is 13.5. The second kappa shape index (κ2) is 13.0. The number of imide groups is 1. The lowest BCUT2D eigenvalue weighted by Crippen LogP contribution is -2.60. The molecule has 0 spiro atoms. The monoisotopic (exact) mass is 555 g/mol. The van der Waals surface area contributed by atoms with Crippen LogP contribution < -0.4 is 0 Å². The molecule has 3 saturated heterocycles. The molecule has 9 atom stereocenters. The van der Waals surface area contributed by atoms with Crippen molar-refractivity contribution in [1.82, 2.24) is 4.90 Å². The Morgan fingerprint density at radius 1 is 0.821 bits per heavy atom. The normalized spacial score (nSPS) is 39.2. The highest BCUT2D eigenvalue weighted by molar-refractivity contribution is 6.07. The van der Waals surface area contributed by atoms with Crippen LogP contribution >= 0.6 is 0 Å². The van der Waals surface area contributed by atoms with Gasteiger partial charge in [0.2, 0.25) is 11.8 Å². The van der Waals surface area contributed by atoms with E-state index in [1.54, 1.807) is 12.2 Å². The number of hydrogen-bond acceptors (Lipinski definition) is 10. The zero-order valence-corrected chi connectivity index (χ0v) is 22.8. The van der Waals surface area contributed by atoms with Gasteiger partial charge in [0.1, 0.15) is 35.6 Å². The third kappa shape index (κ3) is 5.83. The molecule has 2 amide bonds. The molecular weight excluding hydrogens is 510 g/mol. The molecule has 11 nitrogen and oxygen atoms in total. The molecule has 6 unspecified atom stereocenters. The maximum atomic E-state index is 13.5. The number of carbonyl (C=O) groups excluding carboxylic acids is 2. The summed E-state index contributed by atoms with van der Waals surface area (Å²) in [6, 6.07) is 0. The topological polar surface area (TPSA) is 166 Å². The molecule has 39 heavy (non-hydrogen) atoms. The van der Waals surface area contributed by atoms with Crippen molar-refractivity contribution >= 4 is 11.8 Å². The van der Waals surface area contributed by atoms with Crippen molar-refractivity contribution in [2.24, 2.45) is 11.8 Å². The molecule has 4 heterocycles. The summed E-state index contributed by atoms with van der Waals surface area (Å²) in [6.07, 6.45) is 7.27. The van der Waals surface area contributed by atoms with Crippen LogP contribution in [0.5, 0.6) is 0 Å². The first-order valence-electron chi connectivity index (χ1n) is 14.5. The number of rotatable bonds is 16. The number of aliphatic hydroxyl groups excluding tert-OH is 5. The van der Waals surface area contributed by atoms with Crippen molar-refractivity contribution in [1.29, 1.82) is 0 Å². The number of aliphatic hydroxyl groups is 5. The maximum Gasteiger partial charge on any atom is 0.236 e. The first-order valence-corrected chi connectivity index (χ1v) is 14.5. The second-order valence-corrected chi connectivity index (χ2v) is 11.5. The number of amides is 2. The van der Waals surface area contributed by atoms with Gasteiger partial charge in [0.05, 0.1) is 31.7 Å². The van der Waals surface area contributed by atoms with Crippen LogP contribution in [0.1, 0.15) is 71.1 Å². The molecule has 2 bridgehead atoms. The Kier molecular flexibility index (Phi) is 10.2. The van der Waals surface area contributed by atoms with Crippen molar-refractivity contribution < 1.29 is 49.3 Å². The van der Waals surface area contributed by atoms with E-state index in [9.17, 15) is 35.1 Å². The van der Waals surface area contributed by atoms with Gasteiger partial charge < -0.3 is 39.7 Å². The molecule has 0 saturated carbocycles. The minimum atomic E-state index is -1.61. The predicted molar refractivity (Wildman–Crippen MR) is 138 cm³/mol. The Hall–Kier alpha value is -1.44. The van der Waals surface area contributed by atoms with E-state index in [0.29, 0.717) is 13.0 Å². The van der Waals surface area contributed by atoms with Gasteiger partial charge in [-0.1, -0.05) is 76.9 Å². The number of likely N-dealkylation sites (tertiary alicyclic amines) is 1. The summed E-state index contributed by atoms with van der Waals surface area (Å²) in [4.78, 5) is 28.2. The van der Waals surface area contributed by atoms with Gasteiger partial charge in [-0.25, -0.2) is 0 Å². The molecule has 3 fully saturated rings. The van der Waals surface area contributed by atoms with E-state index in [2.05, 4.69) is 6.92 Å². The summed E-state index contributed by atoms with van der Waals surface area (Å²) in [7, 11) is 0. The van der Waals surface area contributed by atoms with Gasteiger partial charge in [-0.05, 0) is 6.42 Å². The molecule has 0 aliphatic carbocycles. The molecule has 222 valence electrons. The summed E-state index contributed by atoms with van der Waals surface area (Å²) in [5.74, 6) is -2.54. The van der Waals surface area contributed by atoms with Gasteiger partial charge in [0.25, 0.3) is 0 Å². The first kappa shape index (κ1) is 30.5. The zero-order valence-electron chi connectivity index (χ0n) is 22.8. The minimum Gasteiger partial charge on any atom is -0.394 e. The molecule has 11 heteroatoms. The number of nitrogens with zero attached hydrogens (tertiary/aromatic N) is 1. The molecule has 4 aliphatic heterocycles. The summed E-state index contributed by atoms with van der Waals surface area (Å²) in [5, 5.41) is 50.0. The highest BCUT2D eigenvalue weighted by atomic mass is 16.7. The molecule has 0 aromatic heterocycles. The van der Waals surface area contributed by atoms with Crippen LogP contribution in [0.2, 0.25) is 0 Å². The van der Waals surface area contributed by atoms with E-state index in [0.717, 1.165) is 19.3 Å². The average molecular weight is 556 g/mol. The van der Waals surface area contributed by atoms with Gasteiger partial charge in [-0.2, -0.15) is 0 Å². The number of carbonyl (C=O) groups is 2. The van der Waals surface area contributed by atoms with Gasteiger partial charge in [-0.3, -0.25) is 14.5 Å². The lowest BCUT2D eigenvalue weighted by atomic mass is 9.72. The van der Waals surface area contributed by atoms with E-state index >= 15 is 0 Å². The van der Waals surface area contributed by atoms with Crippen LogP contribution in [0, 0.1) is 11.8 Å². The lowest BCUT2D eigenvalue weighted by Gasteiger charge is -2.40. The van der Waals surface area contributed by atoms with Gasteiger partial charge >= 0.3 is 0 Å². The number of hydrogen-bond donors (Lipinski definition) is 5. The Balaban J connectivity index is 1.33. The standard InChI is InChI=1S/C28H45NO10/c1-2-3-4-5-6-7-8-9-10-11-14-29-24(35)19-20(25(29)36)28(13-12-27(19,16-31)39-28)17-37-26-23(34)22(33)21(32)18(15-30)38-26/h12-13,18-23,26,30-34H,2-11,14-17H2,1H3/t18?,19?,20?,21-,22+,23?,26-,27?,28?/m1/s1. The number of fused-ring (bicyclic) bond motifs is 5. The smallest absolute Gasteiger partial charge is 0.236 e. The van der Waals surface area contributed by atoms with Crippen molar-refractivity contribution in [2.75, 3.05) is 26.4 Å². The summed E-state index contributed by atoms with van der Waals surface area (Å²) < 4.78 is 17.3. The van der Waals surface area contributed by atoms with Crippen LogP contribution in [0.15, 0.2) is 12.2 Å². The third-order valence-corrected chi connectivity index (χ3v) is 8.78. The van der Waals surface area contributed by atoms with Crippen LogP contribution in [0.25, 0.3) is 0 Å². The fraction of sp³-hybridized carbons (Fsp3) is 0.857. The van der Waals surface area contributed by atoms with Crippen molar-refractivity contribution in [3.05, 3.63) is 12.2 Å². The van der Waals surface area contributed by atoms with E-state index in [1.807, 2.05) is 0 Å². The lowest BCUT2D eigenvalue weighted by molar-refractivity contribution is -0.308. The summed E-state index contributed by atoms with van der Waals surface area (Å²) in [6.45, 7) is 1.12. The SMILES string of the molecule is CCCCCCCCCCCCN1C(=O)C2C(C1=O)C1(CO[C@@H]3OC(CO)[C@@H](O)[C@H](O)C3O)C=CC2(CO)O1. The predicted octanol–water partition coefficient (Wildman–Crippen LogP) is 0.395. The molecule has 5 N–H and O–H groups in total. The fourth-order valence-electron chi connectivity index (χ4n) is 6.50. The summed E-state index contributed by atoms with van der Waals surface area (Å²) >= 11 is 0. The van der Waals surface area contributed by atoms with E-state index in [-0.39, 0.29) is 18.4 Å². The van der Waals surface area contributed by atoms with Crippen molar-refractivity contribution in [3.63, 3.8) is 0 Å². The Labute approximate surface area is 229 Å². The molecule has 4 aliphatic rings. The van der Waals surface area contributed by atoms with Crippen molar-refractivity contribution in [2.45, 2.75) is 113 Å². The highest BCUT2D eigenvalue weighted by Gasteiger charge is 2.73. The van der Waals surface area contributed by atoms with Gasteiger partial charge in [0, 0.05) is 6.54 Å². The van der Waals surface area contributed by atoms with E-state index < -0.39 is 67.0 Å². The Bertz CT molecular complexity index is 882. The minimum absolute atomic E-state index is 0.305. The quantitative estimate of drug-likeness (QED) is 0.102. The van der Waals surface area contributed by atoms with Crippen LogP contribution in [0.4, 0.5) is 0 Å². The Morgan fingerprint density at radius 2 is 1.38 bits per heavy atom. The van der Waals surface area contributed by atoms with Crippen molar-refractivity contribution in [3.8, 4) is 0 Å². The number of ether oxygens (including phenoxy) is 3. The highest BCUT2D eigenvalue weighted by Crippen LogP contribution is 2.57. The molecule has 0 radical (unpaired) electrons. The molecule has 0 aromatic carbocycles. The molecule has 0 aromatic rings. The summed E-state index contributed by atoms with van der Waals surface area (Å²) in [5.41, 5.74) is -2.71. The molecular formula is C28H45NO10. The van der Waals surface area contributed by atoms with E-state index in [1.165, 1.54) is 43.4 Å². The third-order valence-electron chi connectivity index (χ3n) is 8.78. The zero-order chi connectivity index (χ0) is 28.2. The first-order chi connectivity index (χ1) is 18.7. The second-order valence-electron chi connectivity index (χ2n) is 11.5. The van der Waals surface area contributed by atoms with Crippen LogP contribution in [0.3, 0.4) is 0 Å². The largest absolute Gasteiger partial charge is 0.394 e. The average Bonchev–Trinajstić information content (AvgIpc) is 3.55. The number of unbranched alkanes of at least 4 members (excludes halogenated alkanes) is 9. The van der Waals surface area contributed by atoms with Crippen LogP contribution in [-0.4, -0.2) is 111 Å². The fourth-order valence-corrected chi connectivity index (χ4v) is 6.50.